The van der Waals surface area contributed by atoms with E-state index >= 15 is 0 Å². The van der Waals surface area contributed by atoms with Crippen LogP contribution in [0.15, 0.2) is 34.9 Å². The van der Waals surface area contributed by atoms with Gasteiger partial charge >= 0.3 is 0 Å². The van der Waals surface area contributed by atoms with Crippen molar-refractivity contribution in [3.63, 3.8) is 0 Å². The summed E-state index contributed by atoms with van der Waals surface area (Å²) >= 11 is 0. The van der Waals surface area contributed by atoms with Crippen LogP contribution in [0.3, 0.4) is 0 Å². The molecule has 0 radical (unpaired) electrons. The summed E-state index contributed by atoms with van der Waals surface area (Å²) < 4.78 is 5.26. The van der Waals surface area contributed by atoms with Gasteiger partial charge in [0.05, 0.1) is 0 Å². The molecule has 0 atom stereocenters. The Bertz CT molecular complexity index is 673. The summed E-state index contributed by atoms with van der Waals surface area (Å²) in [5, 5.41) is 7.08. The molecular formula is C19H25N3O2. The highest BCUT2D eigenvalue weighted by Crippen LogP contribution is 2.24. The molecule has 0 saturated carbocycles. The molecule has 1 aromatic carbocycles. The molecule has 1 aliphatic rings. The van der Waals surface area contributed by atoms with Crippen LogP contribution >= 0.6 is 0 Å². The minimum absolute atomic E-state index is 0.113. The Hall–Kier alpha value is -2.14. The highest BCUT2D eigenvalue weighted by Gasteiger charge is 2.21. The molecule has 5 heteroatoms. The first-order valence-electron chi connectivity index (χ1n) is 8.67. The molecule has 0 spiro atoms. The maximum absolute atomic E-state index is 12.6. The normalized spacial score (nSPS) is 16.2. The lowest BCUT2D eigenvalue weighted by atomic mass is 9.99. The van der Waals surface area contributed by atoms with E-state index in [1.807, 2.05) is 30.3 Å². The van der Waals surface area contributed by atoms with Gasteiger partial charge in [-0.15, -0.1) is 0 Å². The van der Waals surface area contributed by atoms with Crippen LogP contribution in [0, 0.1) is 12.8 Å². The fraction of sp³-hybridized carbons (Fsp3) is 0.474. The summed E-state index contributed by atoms with van der Waals surface area (Å²) in [6, 6.07) is 9.67. The SMILES string of the molecule is Cc1onc(-c2ccccc2)c1C(=O)NCCN1CCC(C)CC1. The third-order valence-corrected chi connectivity index (χ3v) is 4.73. The summed E-state index contributed by atoms with van der Waals surface area (Å²) in [7, 11) is 0. The number of aryl methyl sites for hydroxylation is 1. The van der Waals surface area contributed by atoms with Crippen molar-refractivity contribution in [1.29, 1.82) is 0 Å². The minimum atomic E-state index is -0.113. The summed E-state index contributed by atoms with van der Waals surface area (Å²) in [4.78, 5) is 15.0. The van der Waals surface area contributed by atoms with Gasteiger partial charge in [-0.25, -0.2) is 0 Å². The van der Waals surface area contributed by atoms with Crippen LogP contribution in [0.2, 0.25) is 0 Å². The standard InChI is InChI=1S/C19H25N3O2/c1-14-8-11-22(12-9-14)13-10-20-19(23)17-15(2)24-21-18(17)16-6-4-3-5-7-16/h3-7,14H,8-13H2,1-2H3,(H,20,23). The number of aromatic nitrogens is 1. The van der Waals surface area contributed by atoms with Crippen molar-refractivity contribution in [2.24, 2.45) is 5.92 Å². The molecule has 1 aliphatic heterocycles. The van der Waals surface area contributed by atoms with E-state index < -0.39 is 0 Å². The van der Waals surface area contributed by atoms with Crippen molar-refractivity contribution < 1.29 is 9.32 Å². The number of benzene rings is 1. The molecule has 2 heterocycles. The fourth-order valence-corrected chi connectivity index (χ4v) is 3.13. The van der Waals surface area contributed by atoms with E-state index in [-0.39, 0.29) is 5.91 Å². The van der Waals surface area contributed by atoms with Gasteiger partial charge in [-0.05, 0) is 38.8 Å². The van der Waals surface area contributed by atoms with Crippen LogP contribution in [0.4, 0.5) is 0 Å². The number of amides is 1. The van der Waals surface area contributed by atoms with Gasteiger partial charge in [0, 0.05) is 18.7 Å². The average Bonchev–Trinajstić information content (AvgIpc) is 2.99. The van der Waals surface area contributed by atoms with E-state index in [2.05, 4.69) is 22.3 Å². The smallest absolute Gasteiger partial charge is 0.257 e. The van der Waals surface area contributed by atoms with Crippen molar-refractivity contribution in [1.82, 2.24) is 15.4 Å². The molecule has 1 fully saturated rings. The first-order chi connectivity index (χ1) is 11.6. The van der Waals surface area contributed by atoms with Gasteiger partial charge in [-0.1, -0.05) is 42.4 Å². The molecule has 5 nitrogen and oxygen atoms in total. The lowest BCUT2D eigenvalue weighted by Crippen LogP contribution is -2.39. The van der Waals surface area contributed by atoms with E-state index in [4.69, 9.17) is 4.52 Å². The molecular weight excluding hydrogens is 302 g/mol. The first-order valence-corrected chi connectivity index (χ1v) is 8.67. The second-order valence-corrected chi connectivity index (χ2v) is 6.61. The van der Waals surface area contributed by atoms with Crippen molar-refractivity contribution in [3.8, 4) is 11.3 Å². The molecule has 1 amide bonds. The molecule has 24 heavy (non-hydrogen) atoms. The summed E-state index contributed by atoms with van der Waals surface area (Å²) in [5.74, 6) is 1.26. The van der Waals surface area contributed by atoms with E-state index in [1.54, 1.807) is 6.92 Å². The van der Waals surface area contributed by atoms with E-state index in [0.717, 1.165) is 31.1 Å². The van der Waals surface area contributed by atoms with Crippen LogP contribution in [0.25, 0.3) is 11.3 Å². The average molecular weight is 327 g/mol. The Morgan fingerprint density at radius 3 is 2.71 bits per heavy atom. The second kappa shape index (κ2) is 7.62. The number of nitrogens with one attached hydrogen (secondary N) is 1. The zero-order chi connectivity index (χ0) is 16.9. The van der Waals surface area contributed by atoms with Crippen LogP contribution in [-0.2, 0) is 0 Å². The summed E-state index contributed by atoms with van der Waals surface area (Å²) in [6.07, 6.45) is 2.49. The number of carbonyl (C=O) groups excluding carboxylic acids is 1. The van der Waals surface area contributed by atoms with E-state index in [1.165, 1.54) is 12.8 Å². The number of rotatable bonds is 5. The molecule has 128 valence electrons. The fourth-order valence-electron chi connectivity index (χ4n) is 3.13. The van der Waals surface area contributed by atoms with E-state index in [9.17, 15) is 4.79 Å². The van der Waals surface area contributed by atoms with Gasteiger partial charge in [-0.3, -0.25) is 4.79 Å². The number of piperidine rings is 1. The maximum atomic E-state index is 12.6. The van der Waals surface area contributed by atoms with Gasteiger partial charge in [0.1, 0.15) is 17.0 Å². The van der Waals surface area contributed by atoms with Crippen molar-refractivity contribution in [2.45, 2.75) is 26.7 Å². The third-order valence-electron chi connectivity index (χ3n) is 4.73. The lowest BCUT2D eigenvalue weighted by molar-refractivity contribution is 0.0943. The highest BCUT2D eigenvalue weighted by atomic mass is 16.5. The Labute approximate surface area is 143 Å². The zero-order valence-electron chi connectivity index (χ0n) is 14.4. The Balaban J connectivity index is 1.60. The van der Waals surface area contributed by atoms with Crippen molar-refractivity contribution in [3.05, 3.63) is 41.7 Å². The molecule has 0 aliphatic carbocycles. The van der Waals surface area contributed by atoms with Crippen molar-refractivity contribution in [2.75, 3.05) is 26.2 Å². The molecule has 1 aromatic heterocycles. The van der Waals surface area contributed by atoms with Crippen LogP contribution in [-0.4, -0.2) is 42.1 Å². The summed E-state index contributed by atoms with van der Waals surface area (Å²) in [5.41, 5.74) is 2.04. The first kappa shape index (κ1) is 16.7. The van der Waals surface area contributed by atoms with Gasteiger partial charge in [0.2, 0.25) is 0 Å². The Kier molecular flexibility index (Phi) is 5.30. The zero-order valence-corrected chi connectivity index (χ0v) is 14.4. The molecule has 1 N–H and O–H groups in total. The highest BCUT2D eigenvalue weighted by molar-refractivity contribution is 6.00. The van der Waals surface area contributed by atoms with Gasteiger partial charge in [0.25, 0.3) is 5.91 Å². The number of hydrogen-bond acceptors (Lipinski definition) is 4. The van der Waals surface area contributed by atoms with Crippen LogP contribution in [0.5, 0.6) is 0 Å². The maximum Gasteiger partial charge on any atom is 0.257 e. The van der Waals surface area contributed by atoms with Crippen LogP contribution in [0.1, 0.15) is 35.9 Å². The van der Waals surface area contributed by atoms with E-state index in [0.29, 0.717) is 23.6 Å². The lowest BCUT2D eigenvalue weighted by Gasteiger charge is -2.30. The minimum Gasteiger partial charge on any atom is -0.360 e. The van der Waals surface area contributed by atoms with Gasteiger partial charge in [-0.2, -0.15) is 0 Å². The Morgan fingerprint density at radius 2 is 2.00 bits per heavy atom. The number of likely N-dealkylation sites (tertiary alicyclic amines) is 1. The molecule has 1 saturated heterocycles. The molecule has 3 rings (SSSR count). The predicted octanol–water partition coefficient (Wildman–Crippen LogP) is 3.11. The molecule has 0 bridgehead atoms. The largest absolute Gasteiger partial charge is 0.360 e. The van der Waals surface area contributed by atoms with Crippen LogP contribution < -0.4 is 5.32 Å². The second-order valence-electron chi connectivity index (χ2n) is 6.61. The van der Waals surface area contributed by atoms with Crippen molar-refractivity contribution >= 4 is 5.91 Å². The quantitative estimate of drug-likeness (QED) is 0.917. The topological polar surface area (TPSA) is 58.4 Å². The predicted molar refractivity (Wildman–Crippen MR) is 93.8 cm³/mol. The third kappa shape index (κ3) is 3.85. The number of nitrogens with zero attached hydrogens (tertiary/aromatic N) is 2. The number of carbonyl (C=O) groups is 1. The molecule has 2 aromatic rings. The Morgan fingerprint density at radius 1 is 1.29 bits per heavy atom. The molecule has 0 unspecified atom stereocenters. The van der Waals surface area contributed by atoms with Gasteiger partial charge < -0.3 is 14.7 Å². The monoisotopic (exact) mass is 327 g/mol. The summed E-state index contributed by atoms with van der Waals surface area (Å²) in [6.45, 7) is 7.87. The number of hydrogen-bond donors (Lipinski definition) is 1. The van der Waals surface area contributed by atoms with Gasteiger partial charge in [0.15, 0.2) is 0 Å².